The lowest BCUT2D eigenvalue weighted by Gasteiger charge is -2.33. The van der Waals surface area contributed by atoms with Crippen LogP contribution in [0.4, 0.5) is 0 Å². The number of rotatable bonds is 0. The van der Waals surface area contributed by atoms with Gasteiger partial charge in [0.1, 0.15) is 5.76 Å². The smallest absolute Gasteiger partial charge is 0.248 e. The molecule has 2 fully saturated rings. The Morgan fingerprint density at radius 2 is 2.38 bits per heavy atom. The molecule has 3 nitrogen and oxygen atoms in total. The Morgan fingerprint density at radius 3 is 3.00 bits per heavy atom. The lowest BCUT2D eigenvalue weighted by Crippen LogP contribution is -2.46. The highest BCUT2D eigenvalue weighted by molar-refractivity contribution is 5.92. The summed E-state index contributed by atoms with van der Waals surface area (Å²) in [6.45, 7) is 0. The van der Waals surface area contributed by atoms with E-state index in [0.717, 1.165) is 31.1 Å². The van der Waals surface area contributed by atoms with E-state index in [2.05, 4.69) is 5.32 Å². The highest BCUT2D eigenvalue weighted by Gasteiger charge is 2.53. The van der Waals surface area contributed by atoms with E-state index in [1.165, 1.54) is 12.5 Å². The predicted molar refractivity (Wildman–Crippen MR) is 47.0 cm³/mol. The molecular formula is C10H13NO2. The minimum atomic E-state index is -0.366. The van der Waals surface area contributed by atoms with E-state index in [4.69, 9.17) is 0 Å². The molecule has 1 spiro atoms. The van der Waals surface area contributed by atoms with E-state index >= 15 is 0 Å². The highest BCUT2D eigenvalue weighted by Crippen LogP contribution is 2.54. The summed E-state index contributed by atoms with van der Waals surface area (Å²) in [5.74, 6) is 1.78. The van der Waals surface area contributed by atoms with Crippen LogP contribution < -0.4 is 5.32 Å². The molecule has 2 saturated carbocycles. The summed E-state index contributed by atoms with van der Waals surface area (Å²) >= 11 is 0. The first-order valence-corrected chi connectivity index (χ1v) is 4.93. The first-order chi connectivity index (χ1) is 6.20. The zero-order valence-corrected chi connectivity index (χ0v) is 7.42. The van der Waals surface area contributed by atoms with Crippen molar-refractivity contribution in [1.29, 1.82) is 0 Å². The van der Waals surface area contributed by atoms with Crippen LogP contribution in [0.5, 0.6) is 0 Å². The maximum atomic E-state index is 11.1. The van der Waals surface area contributed by atoms with Crippen molar-refractivity contribution in [3.63, 3.8) is 0 Å². The van der Waals surface area contributed by atoms with Crippen molar-refractivity contribution in [3.8, 4) is 0 Å². The summed E-state index contributed by atoms with van der Waals surface area (Å²) in [7, 11) is 0. The van der Waals surface area contributed by atoms with Gasteiger partial charge in [-0.25, -0.2) is 0 Å². The molecule has 2 N–H and O–H groups in total. The van der Waals surface area contributed by atoms with Crippen molar-refractivity contribution in [2.24, 2.45) is 11.8 Å². The quantitative estimate of drug-likeness (QED) is 0.585. The van der Waals surface area contributed by atoms with Crippen LogP contribution >= 0.6 is 0 Å². The number of amides is 1. The molecule has 3 unspecified atom stereocenters. The minimum Gasteiger partial charge on any atom is -0.510 e. The van der Waals surface area contributed by atoms with Crippen LogP contribution in [0.15, 0.2) is 11.8 Å². The molecular weight excluding hydrogens is 166 g/mol. The van der Waals surface area contributed by atoms with E-state index in [9.17, 15) is 9.90 Å². The van der Waals surface area contributed by atoms with Crippen LogP contribution in [-0.2, 0) is 4.79 Å². The summed E-state index contributed by atoms with van der Waals surface area (Å²) in [5, 5.41) is 12.6. The van der Waals surface area contributed by atoms with Crippen molar-refractivity contribution in [2.75, 3.05) is 0 Å². The Labute approximate surface area is 76.8 Å². The summed E-state index contributed by atoms with van der Waals surface area (Å²) in [4.78, 5) is 11.1. The molecule has 3 aliphatic rings. The molecule has 0 bridgehead atoms. The monoisotopic (exact) mass is 179 g/mol. The van der Waals surface area contributed by atoms with Crippen molar-refractivity contribution in [3.05, 3.63) is 11.8 Å². The zero-order chi connectivity index (χ0) is 9.05. The van der Waals surface area contributed by atoms with Gasteiger partial charge in [-0.15, -0.1) is 0 Å². The lowest BCUT2D eigenvalue weighted by molar-refractivity contribution is -0.117. The zero-order valence-electron chi connectivity index (χ0n) is 7.42. The number of carbonyl (C=O) groups is 1. The second-order valence-corrected chi connectivity index (χ2v) is 4.60. The van der Waals surface area contributed by atoms with Gasteiger partial charge in [0.05, 0.1) is 5.54 Å². The molecule has 0 radical (unpaired) electrons. The van der Waals surface area contributed by atoms with Crippen LogP contribution in [0.3, 0.4) is 0 Å². The normalized spacial score (nSPS) is 47.1. The van der Waals surface area contributed by atoms with Gasteiger partial charge in [0.25, 0.3) is 0 Å². The Bertz CT molecular complexity index is 310. The maximum Gasteiger partial charge on any atom is 0.248 e. The molecule has 0 aromatic rings. The lowest BCUT2D eigenvalue weighted by atomic mass is 9.81. The Hall–Kier alpha value is -0.990. The van der Waals surface area contributed by atoms with Gasteiger partial charge in [0.15, 0.2) is 0 Å². The first kappa shape index (κ1) is 7.42. The fraction of sp³-hybridized carbons (Fsp3) is 0.700. The Morgan fingerprint density at radius 1 is 1.54 bits per heavy atom. The molecule has 0 aromatic carbocycles. The van der Waals surface area contributed by atoms with Crippen LogP contribution in [0, 0.1) is 11.8 Å². The van der Waals surface area contributed by atoms with Crippen molar-refractivity contribution in [2.45, 2.75) is 31.2 Å². The number of hydrogen-bond donors (Lipinski definition) is 2. The Balaban J connectivity index is 1.89. The molecule has 3 atom stereocenters. The van der Waals surface area contributed by atoms with Crippen molar-refractivity contribution < 1.29 is 9.90 Å². The highest BCUT2D eigenvalue weighted by atomic mass is 16.3. The van der Waals surface area contributed by atoms with Crippen LogP contribution in [0.1, 0.15) is 25.7 Å². The first-order valence-electron chi connectivity index (χ1n) is 4.93. The summed E-state index contributed by atoms with van der Waals surface area (Å²) in [6, 6.07) is 0. The third-order valence-corrected chi connectivity index (χ3v) is 3.74. The molecule has 0 aromatic heterocycles. The van der Waals surface area contributed by atoms with E-state index in [0.29, 0.717) is 0 Å². The molecule has 3 heteroatoms. The van der Waals surface area contributed by atoms with E-state index in [1.54, 1.807) is 0 Å². The molecule has 1 heterocycles. The van der Waals surface area contributed by atoms with Crippen molar-refractivity contribution >= 4 is 5.91 Å². The number of aliphatic hydroxyl groups is 1. The minimum absolute atomic E-state index is 0.128. The van der Waals surface area contributed by atoms with E-state index < -0.39 is 0 Å². The average Bonchev–Trinajstić information content (AvgIpc) is 2.75. The van der Waals surface area contributed by atoms with Crippen molar-refractivity contribution in [1.82, 2.24) is 5.32 Å². The topological polar surface area (TPSA) is 49.3 Å². The molecule has 2 aliphatic carbocycles. The van der Waals surface area contributed by atoms with Gasteiger partial charge in [0, 0.05) is 6.08 Å². The SMILES string of the molecule is O=C1C=C(O)C2(CCC3CC3C2)N1. The number of carbonyl (C=O) groups excluding carboxylic acids is 1. The Kier molecular flexibility index (Phi) is 1.19. The molecule has 13 heavy (non-hydrogen) atoms. The molecule has 0 saturated heterocycles. The third-order valence-electron chi connectivity index (χ3n) is 3.74. The molecule has 1 aliphatic heterocycles. The fourth-order valence-corrected chi connectivity index (χ4v) is 2.84. The van der Waals surface area contributed by atoms with Crippen LogP contribution in [0.2, 0.25) is 0 Å². The van der Waals surface area contributed by atoms with Gasteiger partial charge in [-0.3, -0.25) is 4.79 Å². The second-order valence-electron chi connectivity index (χ2n) is 4.60. The average molecular weight is 179 g/mol. The van der Waals surface area contributed by atoms with Gasteiger partial charge in [0.2, 0.25) is 5.91 Å². The van der Waals surface area contributed by atoms with Gasteiger partial charge < -0.3 is 10.4 Å². The predicted octanol–water partition coefficient (Wildman–Crippen LogP) is 1.12. The van der Waals surface area contributed by atoms with Crippen LogP contribution in [0.25, 0.3) is 0 Å². The third kappa shape index (κ3) is 0.929. The van der Waals surface area contributed by atoms with E-state index in [-0.39, 0.29) is 17.2 Å². The van der Waals surface area contributed by atoms with Gasteiger partial charge >= 0.3 is 0 Å². The number of hydrogen-bond acceptors (Lipinski definition) is 2. The van der Waals surface area contributed by atoms with Gasteiger partial charge in [-0.1, -0.05) is 0 Å². The molecule has 70 valence electrons. The second kappa shape index (κ2) is 2.08. The summed E-state index contributed by atoms with van der Waals surface area (Å²) in [5.41, 5.74) is -0.366. The van der Waals surface area contributed by atoms with Gasteiger partial charge in [-0.2, -0.15) is 0 Å². The standard InChI is InChI=1S/C10H13NO2/c12-8-4-9(13)11-10(8)2-1-6-3-7(6)5-10/h4,6-7,12H,1-3,5H2,(H,11,13). The fourth-order valence-electron chi connectivity index (χ4n) is 2.84. The van der Waals surface area contributed by atoms with Gasteiger partial charge in [-0.05, 0) is 37.5 Å². The number of fused-ring (bicyclic) bond motifs is 1. The largest absolute Gasteiger partial charge is 0.510 e. The molecule has 1 amide bonds. The number of nitrogens with one attached hydrogen (secondary N) is 1. The summed E-state index contributed by atoms with van der Waals surface area (Å²) in [6.07, 6.45) is 5.66. The van der Waals surface area contributed by atoms with Crippen LogP contribution in [-0.4, -0.2) is 16.6 Å². The maximum absolute atomic E-state index is 11.1. The number of aliphatic hydroxyl groups excluding tert-OH is 1. The summed E-state index contributed by atoms with van der Waals surface area (Å²) < 4.78 is 0. The molecule has 3 rings (SSSR count). The van der Waals surface area contributed by atoms with E-state index in [1.807, 2.05) is 0 Å².